The van der Waals surface area contributed by atoms with Crippen LogP contribution in [0.5, 0.6) is 0 Å². The maximum Gasteiger partial charge on any atom is 0.322 e. The van der Waals surface area contributed by atoms with Crippen molar-refractivity contribution in [2.75, 3.05) is 11.1 Å². The molecule has 1 aromatic carbocycles. The molecular weight excluding hydrogens is 421 g/mol. The molecule has 1 N–H and O–H groups in total. The Morgan fingerprint density at radius 2 is 1.92 bits per heavy atom. The number of nitrogens with zero attached hydrogens (tertiary/aromatic N) is 2. The van der Waals surface area contributed by atoms with Crippen molar-refractivity contribution in [2.45, 2.75) is 11.8 Å². The molecule has 0 atom stereocenters. The average Bonchev–Trinajstić information content (AvgIpc) is 3.21. The van der Waals surface area contributed by atoms with Gasteiger partial charge in [0.2, 0.25) is 5.89 Å². The van der Waals surface area contributed by atoms with Gasteiger partial charge in [0.1, 0.15) is 4.34 Å². The lowest BCUT2D eigenvalue weighted by atomic mass is 10.2. The number of nitrogens with one attached hydrogen (secondary N) is 1. The molecule has 3 rings (SSSR count). The minimum atomic E-state index is -3.29. The highest BCUT2D eigenvalue weighted by atomic mass is 35.5. The summed E-state index contributed by atoms with van der Waals surface area (Å²) in [7, 11) is -3.29. The lowest BCUT2D eigenvalue weighted by Gasteiger charge is -2.01. The van der Waals surface area contributed by atoms with E-state index in [1.807, 2.05) is 0 Å². The van der Waals surface area contributed by atoms with Gasteiger partial charge in [-0.2, -0.15) is 0 Å². The van der Waals surface area contributed by atoms with Gasteiger partial charge in [-0.05, 0) is 30.3 Å². The number of sulfone groups is 1. The van der Waals surface area contributed by atoms with Crippen LogP contribution in [-0.2, 0) is 9.84 Å². The molecule has 26 heavy (non-hydrogen) atoms. The first-order chi connectivity index (χ1) is 12.3. The number of benzene rings is 1. The normalized spacial score (nSPS) is 11.5. The van der Waals surface area contributed by atoms with Gasteiger partial charge in [-0.3, -0.25) is 10.1 Å². The molecule has 1 amide bonds. The van der Waals surface area contributed by atoms with Crippen LogP contribution in [0.15, 0.2) is 39.6 Å². The molecule has 0 aliphatic heterocycles. The quantitative estimate of drug-likeness (QED) is 0.650. The molecule has 0 spiro atoms. The third-order valence-electron chi connectivity index (χ3n) is 3.39. The van der Waals surface area contributed by atoms with E-state index in [0.29, 0.717) is 9.90 Å². The number of anilines is 1. The smallest absolute Gasteiger partial charge is 0.322 e. The Morgan fingerprint density at radius 1 is 1.23 bits per heavy atom. The fraction of sp³-hybridized carbons (Fsp3) is 0.133. The summed E-state index contributed by atoms with van der Waals surface area (Å²) in [6, 6.07) is 7.35. The summed E-state index contributed by atoms with van der Waals surface area (Å²) < 4.78 is 29.7. The third-order valence-corrected chi connectivity index (χ3v) is 6.63. The average molecular weight is 432 g/mol. The van der Waals surface area contributed by atoms with Crippen molar-refractivity contribution in [2.24, 2.45) is 0 Å². The summed E-state index contributed by atoms with van der Waals surface area (Å²) in [4.78, 5) is 12.3. The summed E-state index contributed by atoms with van der Waals surface area (Å²) >= 11 is 12.8. The van der Waals surface area contributed by atoms with Crippen LogP contribution in [0, 0.1) is 0 Å². The fourth-order valence-electron chi connectivity index (χ4n) is 2.02. The molecule has 0 bridgehead atoms. The highest BCUT2D eigenvalue weighted by molar-refractivity contribution is 7.91. The first kappa shape index (κ1) is 18.8. The number of thiophene rings is 1. The van der Waals surface area contributed by atoms with Gasteiger partial charge in [-0.15, -0.1) is 16.4 Å². The molecule has 0 aliphatic carbocycles. The minimum absolute atomic E-state index is 0.0121. The summed E-state index contributed by atoms with van der Waals surface area (Å²) in [5.74, 6) is -0.383. The molecule has 136 valence electrons. The third kappa shape index (κ3) is 3.90. The van der Waals surface area contributed by atoms with E-state index < -0.39 is 15.7 Å². The van der Waals surface area contributed by atoms with Gasteiger partial charge >= 0.3 is 6.01 Å². The highest BCUT2D eigenvalue weighted by Gasteiger charge is 2.18. The number of hydrogen-bond acceptors (Lipinski definition) is 7. The Balaban J connectivity index is 1.78. The lowest BCUT2D eigenvalue weighted by molar-refractivity contribution is 0.102. The molecule has 3 aromatic rings. The van der Waals surface area contributed by atoms with Crippen molar-refractivity contribution >= 4 is 56.3 Å². The molecule has 2 heterocycles. The zero-order chi connectivity index (χ0) is 18.9. The summed E-state index contributed by atoms with van der Waals surface area (Å²) in [6.45, 7) is 1.57. The number of carbonyl (C=O) groups is 1. The van der Waals surface area contributed by atoms with E-state index in [1.165, 1.54) is 18.2 Å². The van der Waals surface area contributed by atoms with E-state index in [-0.39, 0.29) is 32.5 Å². The van der Waals surface area contributed by atoms with Gasteiger partial charge < -0.3 is 4.42 Å². The van der Waals surface area contributed by atoms with Crippen molar-refractivity contribution in [1.29, 1.82) is 0 Å². The van der Waals surface area contributed by atoms with E-state index >= 15 is 0 Å². The number of hydrogen-bond donors (Lipinski definition) is 1. The Morgan fingerprint density at radius 3 is 2.50 bits per heavy atom. The van der Waals surface area contributed by atoms with Crippen LogP contribution in [0.3, 0.4) is 0 Å². The van der Waals surface area contributed by atoms with Crippen LogP contribution >= 0.6 is 34.5 Å². The van der Waals surface area contributed by atoms with Crippen LogP contribution in [0.25, 0.3) is 11.5 Å². The Hall–Kier alpha value is -1.94. The monoisotopic (exact) mass is 431 g/mol. The first-order valence-corrected chi connectivity index (χ1v) is 10.5. The highest BCUT2D eigenvalue weighted by Crippen LogP contribution is 2.31. The molecular formula is C15H11Cl2N3O4S2. The second-order valence-electron chi connectivity index (χ2n) is 5.03. The Kier molecular flexibility index (Phi) is 5.33. The zero-order valence-corrected chi connectivity index (χ0v) is 16.3. The molecule has 0 radical (unpaired) electrons. The van der Waals surface area contributed by atoms with Crippen LogP contribution in [-0.4, -0.2) is 30.3 Å². The maximum atomic E-state index is 12.1. The van der Waals surface area contributed by atoms with Crippen LogP contribution in [0.4, 0.5) is 6.01 Å². The predicted octanol–water partition coefficient (Wildman–Crippen LogP) is 4.15. The first-order valence-electron chi connectivity index (χ1n) is 7.23. The van der Waals surface area contributed by atoms with Gasteiger partial charge in [-0.25, -0.2) is 8.42 Å². The van der Waals surface area contributed by atoms with Gasteiger partial charge in [-0.1, -0.05) is 35.2 Å². The van der Waals surface area contributed by atoms with E-state index in [9.17, 15) is 13.2 Å². The van der Waals surface area contributed by atoms with Crippen molar-refractivity contribution in [3.63, 3.8) is 0 Å². The minimum Gasteiger partial charge on any atom is -0.403 e. The standard InChI is InChI=1S/C15H11Cl2N3O4S2/c1-2-26(22,23)9-5-3-8(4-6-9)14-19-20-15(24-14)18-13(21)10-7-11(16)25-12(10)17/h3-7H,2H2,1H3,(H,18,20,21). The van der Waals surface area contributed by atoms with E-state index in [0.717, 1.165) is 11.3 Å². The molecule has 0 unspecified atom stereocenters. The van der Waals surface area contributed by atoms with Crippen LogP contribution in [0.2, 0.25) is 8.67 Å². The molecule has 7 nitrogen and oxygen atoms in total. The number of carbonyl (C=O) groups excluding carboxylic acids is 1. The number of rotatable bonds is 5. The van der Waals surface area contributed by atoms with Crippen molar-refractivity contribution in [1.82, 2.24) is 10.2 Å². The van der Waals surface area contributed by atoms with Crippen molar-refractivity contribution in [3.05, 3.63) is 44.6 Å². The lowest BCUT2D eigenvalue weighted by Crippen LogP contribution is -2.11. The van der Waals surface area contributed by atoms with Gasteiger partial charge in [0, 0.05) is 5.56 Å². The van der Waals surface area contributed by atoms with E-state index in [4.69, 9.17) is 27.6 Å². The fourth-order valence-corrected chi connectivity index (χ4v) is 4.36. The maximum absolute atomic E-state index is 12.1. The van der Waals surface area contributed by atoms with Crippen molar-refractivity contribution in [3.8, 4) is 11.5 Å². The second kappa shape index (κ2) is 7.36. The topological polar surface area (TPSA) is 102 Å². The number of amides is 1. The summed E-state index contributed by atoms with van der Waals surface area (Å²) in [5.41, 5.74) is 0.722. The van der Waals surface area contributed by atoms with E-state index in [1.54, 1.807) is 19.1 Å². The van der Waals surface area contributed by atoms with E-state index in [2.05, 4.69) is 15.5 Å². The molecule has 2 aromatic heterocycles. The molecule has 0 fully saturated rings. The molecule has 0 aliphatic rings. The van der Waals surface area contributed by atoms with Crippen molar-refractivity contribution < 1.29 is 17.6 Å². The predicted molar refractivity (Wildman–Crippen MR) is 99.8 cm³/mol. The summed E-state index contributed by atoms with van der Waals surface area (Å²) in [6.07, 6.45) is 0. The van der Waals surface area contributed by atoms with Crippen LogP contribution < -0.4 is 5.32 Å². The second-order valence-corrected chi connectivity index (χ2v) is 9.60. The molecule has 0 saturated heterocycles. The molecule has 0 saturated carbocycles. The summed E-state index contributed by atoms with van der Waals surface area (Å²) in [5, 5.41) is 10.0. The number of halogens is 2. The van der Waals surface area contributed by atoms with Gasteiger partial charge in [0.05, 0.1) is 20.5 Å². The van der Waals surface area contributed by atoms with Gasteiger partial charge in [0.15, 0.2) is 9.84 Å². The Bertz CT molecular complexity index is 1060. The number of aromatic nitrogens is 2. The Labute approximate surface area is 162 Å². The van der Waals surface area contributed by atoms with Crippen LogP contribution in [0.1, 0.15) is 17.3 Å². The zero-order valence-electron chi connectivity index (χ0n) is 13.2. The largest absolute Gasteiger partial charge is 0.403 e. The molecule has 11 heteroatoms. The SMILES string of the molecule is CCS(=O)(=O)c1ccc(-c2nnc(NC(=O)c3cc(Cl)sc3Cl)o2)cc1. The van der Waals surface area contributed by atoms with Gasteiger partial charge in [0.25, 0.3) is 5.91 Å².